The van der Waals surface area contributed by atoms with E-state index in [9.17, 15) is 0 Å². The van der Waals surface area contributed by atoms with Crippen molar-refractivity contribution in [3.63, 3.8) is 0 Å². The molecule has 0 radical (unpaired) electrons. The van der Waals surface area contributed by atoms with Crippen molar-refractivity contribution in [1.29, 1.82) is 0 Å². The number of hydrogen-bond acceptors (Lipinski definition) is 2. The molecule has 3 heterocycles. The third-order valence-corrected chi connectivity index (χ3v) is 3.32. The van der Waals surface area contributed by atoms with Gasteiger partial charge in [0, 0.05) is 23.9 Å². The molecule has 5 heteroatoms. The molecule has 0 amide bonds. The highest BCUT2D eigenvalue weighted by atomic mass is 79.9. The molecule has 0 N–H and O–H groups in total. The van der Waals surface area contributed by atoms with Crippen molar-refractivity contribution < 1.29 is 0 Å². The number of fused-ring (bicyclic) bond motifs is 1. The van der Waals surface area contributed by atoms with Gasteiger partial charge in [0.25, 0.3) is 0 Å². The lowest BCUT2D eigenvalue weighted by Crippen LogP contribution is -2.00. The number of halogens is 1. The van der Waals surface area contributed by atoms with E-state index in [0.717, 1.165) is 28.3 Å². The average Bonchev–Trinajstić information content (AvgIpc) is 2.91. The normalized spacial score (nSPS) is 11.2. The molecule has 3 rings (SSSR count). The van der Waals surface area contributed by atoms with Crippen LogP contribution in [-0.2, 0) is 5.33 Å². The molecule has 0 aliphatic carbocycles. The molecule has 0 saturated heterocycles. The van der Waals surface area contributed by atoms with Crippen LogP contribution in [0.5, 0.6) is 0 Å². The summed E-state index contributed by atoms with van der Waals surface area (Å²) in [5.74, 6) is 1.87. The van der Waals surface area contributed by atoms with Gasteiger partial charge in [-0.05, 0) is 19.1 Å². The maximum absolute atomic E-state index is 4.64. The Morgan fingerprint density at radius 2 is 2.18 bits per heavy atom. The Morgan fingerprint density at radius 3 is 2.88 bits per heavy atom. The molecular weight excluding hydrogens is 280 g/mol. The molecule has 0 spiro atoms. The number of hydrogen-bond donors (Lipinski definition) is 0. The Bertz CT molecular complexity index is 668. The summed E-state index contributed by atoms with van der Waals surface area (Å²) in [6, 6.07) is 6.00. The van der Waals surface area contributed by atoms with Crippen LogP contribution in [-0.4, -0.2) is 18.9 Å². The van der Waals surface area contributed by atoms with Crippen LogP contribution in [0.2, 0.25) is 0 Å². The van der Waals surface area contributed by atoms with Gasteiger partial charge in [0.2, 0.25) is 0 Å². The second-order valence-corrected chi connectivity index (χ2v) is 4.35. The molecule has 4 nitrogen and oxygen atoms in total. The Kier molecular flexibility index (Phi) is 2.48. The lowest BCUT2D eigenvalue weighted by Gasteiger charge is -2.03. The van der Waals surface area contributed by atoms with Crippen molar-refractivity contribution in [3.05, 3.63) is 48.3 Å². The molecule has 3 aromatic rings. The first-order valence-corrected chi connectivity index (χ1v) is 6.45. The van der Waals surface area contributed by atoms with Crippen LogP contribution in [0.4, 0.5) is 0 Å². The van der Waals surface area contributed by atoms with E-state index < -0.39 is 0 Å². The van der Waals surface area contributed by atoms with Gasteiger partial charge >= 0.3 is 0 Å². The van der Waals surface area contributed by atoms with Crippen molar-refractivity contribution in [2.24, 2.45) is 0 Å². The Labute approximate surface area is 107 Å². The first-order valence-electron chi connectivity index (χ1n) is 5.33. The van der Waals surface area contributed by atoms with Crippen molar-refractivity contribution in [3.8, 4) is 5.82 Å². The van der Waals surface area contributed by atoms with Crippen LogP contribution in [0.25, 0.3) is 11.5 Å². The van der Waals surface area contributed by atoms with E-state index >= 15 is 0 Å². The van der Waals surface area contributed by atoms with E-state index in [2.05, 4.69) is 30.3 Å². The molecule has 17 heavy (non-hydrogen) atoms. The van der Waals surface area contributed by atoms with Crippen molar-refractivity contribution in [2.45, 2.75) is 12.3 Å². The first-order chi connectivity index (χ1) is 8.31. The zero-order valence-electron chi connectivity index (χ0n) is 9.34. The fourth-order valence-electron chi connectivity index (χ4n) is 1.95. The number of alkyl halides is 1. The minimum Gasteiger partial charge on any atom is -0.301 e. The number of pyridine rings is 1. The molecule has 0 aliphatic heterocycles. The number of aromatic nitrogens is 4. The topological polar surface area (TPSA) is 35.1 Å². The molecule has 0 aromatic carbocycles. The van der Waals surface area contributed by atoms with E-state index in [0.29, 0.717) is 0 Å². The van der Waals surface area contributed by atoms with E-state index in [-0.39, 0.29) is 0 Å². The maximum atomic E-state index is 4.64. The Balaban J connectivity index is 2.33. The van der Waals surface area contributed by atoms with Crippen LogP contribution in [0.15, 0.2) is 36.8 Å². The van der Waals surface area contributed by atoms with E-state index in [1.54, 1.807) is 6.20 Å². The predicted molar refractivity (Wildman–Crippen MR) is 69.7 cm³/mol. The van der Waals surface area contributed by atoms with Gasteiger partial charge in [-0.1, -0.05) is 22.0 Å². The van der Waals surface area contributed by atoms with E-state index in [1.165, 1.54) is 0 Å². The molecule has 0 saturated carbocycles. The SMILES string of the molecule is Cc1nccn1-c1nc2ccccn2c1CBr. The zero-order valence-corrected chi connectivity index (χ0v) is 10.9. The van der Waals surface area contributed by atoms with Gasteiger partial charge in [-0.2, -0.15) is 0 Å². The van der Waals surface area contributed by atoms with Gasteiger partial charge in [0.1, 0.15) is 11.5 Å². The summed E-state index contributed by atoms with van der Waals surface area (Å²) in [5.41, 5.74) is 2.08. The van der Waals surface area contributed by atoms with Crippen LogP contribution >= 0.6 is 15.9 Å². The lowest BCUT2D eigenvalue weighted by atomic mass is 10.4. The molecule has 86 valence electrons. The fourth-order valence-corrected chi connectivity index (χ4v) is 2.47. The highest BCUT2D eigenvalue weighted by Crippen LogP contribution is 2.20. The minimum atomic E-state index is 0.755. The molecule has 0 unspecified atom stereocenters. The van der Waals surface area contributed by atoms with E-state index in [4.69, 9.17) is 0 Å². The summed E-state index contributed by atoms with van der Waals surface area (Å²) in [6.07, 6.45) is 5.75. The highest BCUT2D eigenvalue weighted by molar-refractivity contribution is 9.08. The van der Waals surface area contributed by atoms with Crippen LogP contribution < -0.4 is 0 Å². The maximum Gasteiger partial charge on any atom is 0.161 e. The van der Waals surface area contributed by atoms with Crippen LogP contribution in [0.1, 0.15) is 11.5 Å². The summed E-state index contributed by atoms with van der Waals surface area (Å²) < 4.78 is 4.09. The van der Waals surface area contributed by atoms with Crippen molar-refractivity contribution >= 4 is 21.6 Å². The molecular formula is C12H11BrN4. The van der Waals surface area contributed by atoms with Gasteiger partial charge in [0.05, 0.1) is 5.69 Å². The van der Waals surface area contributed by atoms with Gasteiger partial charge < -0.3 is 4.40 Å². The number of imidazole rings is 2. The molecule has 0 aliphatic rings. The summed E-state index contributed by atoms with van der Waals surface area (Å²) in [6.45, 7) is 1.97. The molecule has 3 aromatic heterocycles. The summed E-state index contributed by atoms with van der Waals surface area (Å²) >= 11 is 3.52. The standard InChI is InChI=1S/C12H11BrN4/c1-9-14-5-7-16(9)12-10(8-13)17-6-3-2-4-11(17)15-12/h2-7H,8H2,1H3. The third kappa shape index (κ3) is 1.58. The third-order valence-electron chi connectivity index (χ3n) is 2.79. The summed E-state index contributed by atoms with van der Waals surface area (Å²) in [5, 5.41) is 0.755. The largest absolute Gasteiger partial charge is 0.301 e. The highest BCUT2D eigenvalue weighted by Gasteiger charge is 2.13. The first kappa shape index (κ1) is 10.5. The number of rotatable bonds is 2. The Hall–Kier alpha value is -1.62. The monoisotopic (exact) mass is 290 g/mol. The average molecular weight is 291 g/mol. The van der Waals surface area contributed by atoms with Crippen molar-refractivity contribution in [2.75, 3.05) is 0 Å². The van der Waals surface area contributed by atoms with Gasteiger partial charge in [-0.3, -0.25) is 4.57 Å². The quantitative estimate of drug-likeness (QED) is 0.680. The van der Waals surface area contributed by atoms with Crippen LogP contribution in [0.3, 0.4) is 0 Å². The number of nitrogens with zero attached hydrogens (tertiary/aromatic N) is 4. The lowest BCUT2D eigenvalue weighted by molar-refractivity contribution is 0.927. The predicted octanol–water partition coefficient (Wildman–Crippen LogP) is 2.72. The minimum absolute atomic E-state index is 0.755. The molecule has 0 fully saturated rings. The van der Waals surface area contributed by atoms with Gasteiger partial charge in [-0.15, -0.1) is 0 Å². The molecule has 0 bridgehead atoms. The zero-order chi connectivity index (χ0) is 11.8. The van der Waals surface area contributed by atoms with E-state index in [1.807, 2.05) is 42.1 Å². The smallest absolute Gasteiger partial charge is 0.161 e. The second-order valence-electron chi connectivity index (χ2n) is 3.79. The van der Waals surface area contributed by atoms with Crippen molar-refractivity contribution in [1.82, 2.24) is 18.9 Å². The van der Waals surface area contributed by atoms with Gasteiger partial charge in [-0.25, -0.2) is 9.97 Å². The fraction of sp³-hybridized carbons (Fsp3) is 0.167. The summed E-state index contributed by atoms with van der Waals surface area (Å²) in [4.78, 5) is 8.88. The summed E-state index contributed by atoms with van der Waals surface area (Å²) in [7, 11) is 0. The molecule has 0 atom stereocenters. The Morgan fingerprint density at radius 1 is 1.29 bits per heavy atom. The number of aryl methyl sites for hydroxylation is 1. The second kappa shape index (κ2) is 4.00. The van der Waals surface area contributed by atoms with Gasteiger partial charge in [0.15, 0.2) is 5.82 Å². The van der Waals surface area contributed by atoms with Crippen LogP contribution in [0, 0.1) is 6.92 Å².